The van der Waals surface area contributed by atoms with Crippen LogP contribution in [0.1, 0.15) is 25.7 Å². The molecule has 0 radical (unpaired) electrons. The first kappa shape index (κ1) is 19.0. The summed E-state index contributed by atoms with van der Waals surface area (Å²) in [5, 5.41) is 5.59. The SMILES string of the molecule is O=C(CN1C(=O)NC2CCCCC2C1=O)Nc1ccc(Oc2ccccc2)cc1. The molecule has 7 nitrogen and oxygen atoms in total. The second-order valence-electron chi connectivity index (χ2n) is 7.36. The molecule has 7 heteroatoms. The highest BCUT2D eigenvalue weighted by Gasteiger charge is 2.42. The highest BCUT2D eigenvalue weighted by molar-refractivity contribution is 6.04. The maximum atomic E-state index is 12.6. The van der Waals surface area contributed by atoms with Crippen LogP contribution in [0.3, 0.4) is 0 Å². The number of rotatable bonds is 5. The Balaban J connectivity index is 1.34. The molecule has 2 aliphatic rings. The van der Waals surface area contributed by atoms with Gasteiger partial charge in [-0.3, -0.25) is 14.5 Å². The number of hydrogen-bond acceptors (Lipinski definition) is 4. The van der Waals surface area contributed by atoms with E-state index in [0.29, 0.717) is 11.4 Å². The topological polar surface area (TPSA) is 87.7 Å². The summed E-state index contributed by atoms with van der Waals surface area (Å²) in [7, 11) is 0. The Labute approximate surface area is 169 Å². The van der Waals surface area contributed by atoms with E-state index >= 15 is 0 Å². The molecule has 2 aromatic carbocycles. The quantitative estimate of drug-likeness (QED) is 0.814. The Hall–Kier alpha value is -3.35. The summed E-state index contributed by atoms with van der Waals surface area (Å²) in [6, 6.07) is 15.7. The Morgan fingerprint density at radius 1 is 1.00 bits per heavy atom. The monoisotopic (exact) mass is 393 g/mol. The van der Waals surface area contributed by atoms with E-state index in [1.54, 1.807) is 24.3 Å². The Kier molecular flexibility index (Phi) is 5.46. The van der Waals surface area contributed by atoms with E-state index in [0.717, 1.165) is 36.3 Å². The zero-order valence-electron chi connectivity index (χ0n) is 16.0. The number of para-hydroxylation sites is 1. The molecule has 1 saturated carbocycles. The average molecular weight is 393 g/mol. The molecule has 0 aromatic heterocycles. The van der Waals surface area contributed by atoms with Crippen LogP contribution in [0.2, 0.25) is 0 Å². The van der Waals surface area contributed by atoms with Crippen LogP contribution < -0.4 is 15.4 Å². The van der Waals surface area contributed by atoms with Crippen molar-refractivity contribution in [3.8, 4) is 11.5 Å². The van der Waals surface area contributed by atoms with Crippen LogP contribution in [0.4, 0.5) is 10.5 Å². The molecule has 0 bridgehead atoms. The number of amides is 4. The molecule has 2 atom stereocenters. The van der Waals surface area contributed by atoms with E-state index in [-0.39, 0.29) is 24.4 Å². The smallest absolute Gasteiger partial charge is 0.324 e. The Morgan fingerprint density at radius 2 is 1.69 bits per heavy atom. The van der Waals surface area contributed by atoms with Crippen molar-refractivity contribution >= 4 is 23.5 Å². The number of carbonyl (C=O) groups is 3. The molecule has 1 aliphatic heterocycles. The molecule has 150 valence electrons. The van der Waals surface area contributed by atoms with Gasteiger partial charge in [0.15, 0.2) is 0 Å². The van der Waals surface area contributed by atoms with Crippen molar-refractivity contribution < 1.29 is 19.1 Å². The van der Waals surface area contributed by atoms with Crippen molar-refractivity contribution in [1.29, 1.82) is 0 Å². The second kappa shape index (κ2) is 8.34. The van der Waals surface area contributed by atoms with E-state index in [1.807, 2.05) is 30.3 Å². The van der Waals surface area contributed by atoms with Crippen molar-refractivity contribution in [1.82, 2.24) is 10.2 Å². The van der Waals surface area contributed by atoms with E-state index in [1.165, 1.54) is 0 Å². The lowest BCUT2D eigenvalue weighted by Gasteiger charge is -2.39. The number of imide groups is 1. The minimum atomic E-state index is -0.486. The van der Waals surface area contributed by atoms with Gasteiger partial charge in [-0.2, -0.15) is 0 Å². The largest absolute Gasteiger partial charge is 0.457 e. The second-order valence-corrected chi connectivity index (χ2v) is 7.36. The van der Waals surface area contributed by atoms with Gasteiger partial charge in [-0.25, -0.2) is 4.79 Å². The number of hydrogen-bond donors (Lipinski definition) is 2. The predicted molar refractivity (Wildman–Crippen MR) is 108 cm³/mol. The number of anilines is 1. The normalized spacial score (nSPS) is 21.2. The summed E-state index contributed by atoms with van der Waals surface area (Å²) in [5.41, 5.74) is 0.566. The predicted octanol–water partition coefficient (Wildman–Crippen LogP) is 3.53. The Bertz CT molecular complexity index is 898. The Morgan fingerprint density at radius 3 is 2.45 bits per heavy atom. The zero-order chi connectivity index (χ0) is 20.2. The minimum absolute atomic E-state index is 0.0970. The van der Waals surface area contributed by atoms with E-state index < -0.39 is 11.9 Å². The van der Waals surface area contributed by atoms with Gasteiger partial charge < -0.3 is 15.4 Å². The van der Waals surface area contributed by atoms with Gasteiger partial charge in [0.05, 0.1) is 5.92 Å². The number of carbonyl (C=O) groups excluding carboxylic acids is 3. The zero-order valence-corrected chi connectivity index (χ0v) is 16.0. The number of ether oxygens (including phenoxy) is 1. The number of urea groups is 1. The van der Waals surface area contributed by atoms with Gasteiger partial charge in [0, 0.05) is 11.7 Å². The summed E-state index contributed by atoms with van der Waals surface area (Å²) in [6.45, 7) is -0.295. The highest BCUT2D eigenvalue weighted by Crippen LogP contribution is 2.29. The molecular formula is C22H23N3O4. The van der Waals surface area contributed by atoms with Crippen LogP contribution in [0.5, 0.6) is 11.5 Å². The van der Waals surface area contributed by atoms with Gasteiger partial charge in [-0.05, 0) is 49.2 Å². The maximum absolute atomic E-state index is 12.6. The number of fused-ring (bicyclic) bond motifs is 1. The molecular weight excluding hydrogens is 370 g/mol. The van der Waals surface area contributed by atoms with Crippen molar-refractivity contribution in [3.05, 3.63) is 54.6 Å². The first-order valence-corrected chi connectivity index (χ1v) is 9.85. The van der Waals surface area contributed by atoms with Crippen LogP contribution >= 0.6 is 0 Å². The third-order valence-electron chi connectivity index (χ3n) is 5.32. The molecule has 4 amide bonds. The maximum Gasteiger partial charge on any atom is 0.324 e. The van der Waals surface area contributed by atoms with E-state index in [2.05, 4.69) is 10.6 Å². The fourth-order valence-electron chi connectivity index (χ4n) is 3.86. The van der Waals surface area contributed by atoms with E-state index in [4.69, 9.17) is 4.74 Å². The lowest BCUT2D eigenvalue weighted by molar-refractivity contribution is -0.138. The molecule has 1 aliphatic carbocycles. The lowest BCUT2D eigenvalue weighted by atomic mass is 9.82. The molecule has 2 aromatic rings. The summed E-state index contributed by atoms with van der Waals surface area (Å²) in [6.07, 6.45) is 3.56. The first-order valence-electron chi connectivity index (χ1n) is 9.85. The molecule has 1 saturated heterocycles. The van der Waals surface area contributed by atoms with Crippen molar-refractivity contribution in [3.63, 3.8) is 0 Å². The average Bonchev–Trinajstić information content (AvgIpc) is 2.73. The van der Waals surface area contributed by atoms with E-state index in [9.17, 15) is 14.4 Å². The third kappa shape index (κ3) is 4.39. The van der Waals surface area contributed by atoms with Crippen LogP contribution in [-0.2, 0) is 9.59 Å². The summed E-state index contributed by atoms with van der Waals surface area (Å²) >= 11 is 0. The fourth-order valence-corrected chi connectivity index (χ4v) is 3.86. The molecule has 2 fully saturated rings. The molecule has 2 N–H and O–H groups in total. The van der Waals surface area contributed by atoms with Gasteiger partial charge in [-0.1, -0.05) is 31.0 Å². The minimum Gasteiger partial charge on any atom is -0.457 e. The molecule has 29 heavy (non-hydrogen) atoms. The van der Waals surface area contributed by atoms with Crippen LogP contribution in [0.25, 0.3) is 0 Å². The number of nitrogens with zero attached hydrogens (tertiary/aromatic N) is 1. The highest BCUT2D eigenvalue weighted by atomic mass is 16.5. The van der Waals surface area contributed by atoms with Gasteiger partial charge in [-0.15, -0.1) is 0 Å². The number of nitrogens with one attached hydrogen (secondary N) is 2. The van der Waals surface area contributed by atoms with Crippen molar-refractivity contribution in [2.24, 2.45) is 5.92 Å². The van der Waals surface area contributed by atoms with Crippen molar-refractivity contribution in [2.45, 2.75) is 31.7 Å². The lowest BCUT2D eigenvalue weighted by Crippen LogP contribution is -2.61. The summed E-state index contributed by atoms with van der Waals surface area (Å²) in [4.78, 5) is 38.3. The molecule has 2 unspecified atom stereocenters. The summed E-state index contributed by atoms with van der Waals surface area (Å²) < 4.78 is 5.72. The van der Waals surface area contributed by atoms with Gasteiger partial charge in [0.1, 0.15) is 18.0 Å². The van der Waals surface area contributed by atoms with Gasteiger partial charge in [0.25, 0.3) is 0 Å². The summed E-state index contributed by atoms with van der Waals surface area (Å²) in [5.74, 6) is 0.478. The first-order chi connectivity index (χ1) is 14.1. The molecule has 1 heterocycles. The van der Waals surface area contributed by atoms with Crippen molar-refractivity contribution in [2.75, 3.05) is 11.9 Å². The van der Waals surface area contributed by atoms with Crippen LogP contribution in [-0.4, -0.2) is 35.3 Å². The van der Waals surface area contributed by atoms with Crippen LogP contribution in [0.15, 0.2) is 54.6 Å². The van der Waals surface area contributed by atoms with Gasteiger partial charge in [0.2, 0.25) is 11.8 Å². The standard InChI is InChI=1S/C22H23N3O4/c26-20(14-25-21(27)18-8-4-5-9-19(18)24-22(25)28)23-15-10-12-17(13-11-15)29-16-6-2-1-3-7-16/h1-3,6-7,10-13,18-19H,4-5,8-9,14H2,(H,23,26)(H,24,28). The number of benzene rings is 2. The molecule has 0 spiro atoms. The fraction of sp³-hybridized carbons (Fsp3) is 0.318. The van der Waals surface area contributed by atoms with Gasteiger partial charge >= 0.3 is 6.03 Å². The van der Waals surface area contributed by atoms with Crippen LogP contribution in [0, 0.1) is 5.92 Å². The third-order valence-corrected chi connectivity index (χ3v) is 5.32. The molecule has 4 rings (SSSR count).